The second-order valence-electron chi connectivity index (χ2n) is 5.70. The number of hydrogen-bond acceptors (Lipinski definition) is 4. The highest BCUT2D eigenvalue weighted by molar-refractivity contribution is 5.17. The van der Waals surface area contributed by atoms with Crippen molar-refractivity contribution < 1.29 is 5.11 Å². The molecule has 1 aromatic rings. The molecular formula is C16H27N3O. The molecule has 0 saturated carbocycles. The second kappa shape index (κ2) is 7.72. The molecule has 1 saturated heterocycles. The number of rotatable bonds is 6. The maximum Gasteiger partial charge on any atom is 0.0517 e. The van der Waals surface area contributed by atoms with Crippen molar-refractivity contribution in [1.82, 2.24) is 9.88 Å². The monoisotopic (exact) mass is 277 g/mol. The van der Waals surface area contributed by atoms with E-state index in [1.165, 1.54) is 18.4 Å². The lowest BCUT2D eigenvalue weighted by atomic mass is 9.91. The van der Waals surface area contributed by atoms with Gasteiger partial charge in [-0.25, -0.2) is 0 Å². The van der Waals surface area contributed by atoms with Crippen LogP contribution in [0.15, 0.2) is 24.5 Å². The van der Waals surface area contributed by atoms with Crippen molar-refractivity contribution in [3.63, 3.8) is 0 Å². The van der Waals surface area contributed by atoms with Gasteiger partial charge in [-0.1, -0.05) is 19.4 Å². The van der Waals surface area contributed by atoms with Crippen LogP contribution in [0.2, 0.25) is 0 Å². The van der Waals surface area contributed by atoms with Crippen LogP contribution in [0.25, 0.3) is 0 Å². The summed E-state index contributed by atoms with van der Waals surface area (Å²) < 4.78 is 0. The molecule has 0 aromatic carbocycles. The molecule has 0 amide bonds. The SMILES string of the molecule is CCC(N)C(c1cccnc1)N1CCCCC1CCO. The van der Waals surface area contributed by atoms with E-state index < -0.39 is 0 Å². The number of nitrogens with zero attached hydrogens (tertiary/aromatic N) is 2. The smallest absolute Gasteiger partial charge is 0.0517 e. The van der Waals surface area contributed by atoms with E-state index >= 15 is 0 Å². The number of likely N-dealkylation sites (tertiary alicyclic amines) is 1. The summed E-state index contributed by atoms with van der Waals surface area (Å²) in [7, 11) is 0. The molecule has 1 aromatic heterocycles. The number of nitrogens with two attached hydrogens (primary N) is 1. The van der Waals surface area contributed by atoms with Gasteiger partial charge in [0.25, 0.3) is 0 Å². The minimum absolute atomic E-state index is 0.110. The molecular weight excluding hydrogens is 250 g/mol. The van der Waals surface area contributed by atoms with Gasteiger partial charge in [0.05, 0.1) is 6.04 Å². The minimum atomic E-state index is 0.110. The van der Waals surface area contributed by atoms with Crippen LogP contribution >= 0.6 is 0 Å². The van der Waals surface area contributed by atoms with Crippen molar-refractivity contribution in [2.45, 2.75) is 57.2 Å². The van der Waals surface area contributed by atoms with E-state index in [4.69, 9.17) is 5.73 Å². The van der Waals surface area contributed by atoms with Crippen molar-refractivity contribution in [3.8, 4) is 0 Å². The third-order valence-corrected chi connectivity index (χ3v) is 4.40. The van der Waals surface area contributed by atoms with Crippen molar-refractivity contribution in [2.75, 3.05) is 13.2 Å². The molecule has 0 spiro atoms. The molecule has 112 valence electrons. The highest BCUT2D eigenvalue weighted by Gasteiger charge is 2.32. The first-order valence-electron chi connectivity index (χ1n) is 7.80. The minimum Gasteiger partial charge on any atom is -0.396 e. The molecule has 2 heterocycles. The Morgan fingerprint density at radius 3 is 3.00 bits per heavy atom. The molecule has 3 atom stereocenters. The molecule has 3 N–H and O–H groups in total. The van der Waals surface area contributed by atoms with E-state index in [1.807, 2.05) is 12.3 Å². The Bertz CT molecular complexity index is 383. The number of aliphatic hydroxyl groups is 1. The summed E-state index contributed by atoms with van der Waals surface area (Å²) in [6.07, 6.45) is 9.16. The molecule has 0 bridgehead atoms. The number of hydrogen-bond donors (Lipinski definition) is 2. The van der Waals surface area contributed by atoms with Crippen LogP contribution in [0.4, 0.5) is 0 Å². The lowest BCUT2D eigenvalue weighted by Crippen LogP contribution is -2.48. The average Bonchev–Trinajstić information content (AvgIpc) is 2.50. The van der Waals surface area contributed by atoms with Crippen molar-refractivity contribution in [2.24, 2.45) is 5.73 Å². The first-order chi connectivity index (χ1) is 9.77. The van der Waals surface area contributed by atoms with Gasteiger partial charge >= 0.3 is 0 Å². The summed E-state index contributed by atoms with van der Waals surface area (Å²) in [5.74, 6) is 0. The molecule has 1 aliphatic heterocycles. The Labute approximate surface area is 122 Å². The molecule has 1 fully saturated rings. The highest BCUT2D eigenvalue weighted by Crippen LogP contribution is 2.32. The van der Waals surface area contributed by atoms with Gasteiger partial charge in [0.2, 0.25) is 0 Å². The summed E-state index contributed by atoms with van der Waals surface area (Å²) in [5.41, 5.74) is 7.61. The van der Waals surface area contributed by atoms with Crippen molar-refractivity contribution in [3.05, 3.63) is 30.1 Å². The first kappa shape index (κ1) is 15.4. The second-order valence-corrected chi connectivity index (χ2v) is 5.70. The third-order valence-electron chi connectivity index (χ3n) is 4.40. The highest BCUT2D eigenvalue weighted by atomic mass is 16.3. The van der Waals surface area contributed by atoms with Gasteiger partial charge in [-0.05, 0) is 43.9 Å². The third kappa shape index (κ3) is 3.57. The molecule has 20 heavy (non-hydrogen) atoms. The number of aliphatic hydroxyl groups excluding tert-OH is 1. The van der Waals surface area contributed by atoms with Gasteiger partial charge in [0, 0.05) is 31.1 Å². The van der Waals surface area contributed by atoms with Gasteiger partial charge in [-0.2, -0.15) is 0 Å². The number of pyridine rings is 1. The molecule has 3 unspecified atom stereocenters. The predicted molar refractivity (Wildman–Crippen MR) is 81.3 cm³/mol. The Morgan fingerprint density at radius 2 is 2.35 bits per heavy atom. The van der Waals surface area contributed by atoms with Crippen molar-refractivity contribution in [1.29, 1.82) is 0 Å². The van der Waals surface area contributed by atoms with Gasteiger partial charge < -0.3 is 10.8 Å². The summed E-state index contributed by atoms with van der Waals surface area (Å²) in [6, 6.07) is 4.87. The van der Waals surface area contributed by atoms with Crippen LogP contribution in [0, 0.1) is 0 Å². The first-order valence-corrected chi connectivity index (χ1v) is 7.80. The zero-order valence-electron chi connectivity index (χ0n) is 12.4. The maximum atomic E-state index is 9.31. The standard InChI is InChI=1S/C16H27N3O/c1-2-15(17)16(13-6-5-9-18-12-13)19-10-4-3-7-14(19)8-11-20/h5-6,9,12,14-16,20H,2-4,7-8,10-11,17H2,1H3. The summed E-state index contributed by atoms with van der Waals surface area (Å²) in [4.78, 5) is 6.76. The van der Waals surface area contributed by atoms with Gasteiger partial charge in [0.15, 0.2) is 0 Å². The topological polar surface area (TPSA) is 62.4 Å². The fraction of sp³-hybridized carbons (Fsp3) is 0.688. The zero-order valence-corrected chi connectivity index (χ0v) is 12.4. The quantitative estimate of drug-likeness (QED) is 0.836. The lowest BCUT2D eigenvalue weighted by Gasteiger charge is -2.43. The fourth-order valence-electron chi connectivity index (χ4n) is 3.31. The van der Waals surface area contributed by atoms with Gasteiger partial charge in [-0.15, -0.1) is 0 Å². The molecule has 4 heteroatoms. The van der Waals surface area contributed by atoms with Crippen LogP contribution in [-0.2, 0) is 0 Å². The number of aromatic nitrogens is 1. The van der Waals surface area contributed by atoms with Crippen LogP contribution in [0.1, 0.15) is 50.6 Å². The van der Waals surface area contributed by atoms with Gasteiger partial charge in [0.1, 0.15) is 0 Å². The molecule has 0 radical (unpaired) electrons. The molecule has 1 aliphatic rings. The van der Waals surface area contributed by atoms with E-state index in [1.54, 1.807) is 6.20 Å². The molecule has 4 nitrogen and oxygen atoms in total. The van der Waals surface area contributed by atoms with E-state index in [9.17, 15) is 5.11 Å². The summed E-state index contributed by atoms with van der Waals surface area (Å²) >= 11 is 0. The fourth-order valence-corrected chi connectivity index (χ4v) is 3.31. The van der Waals surface area contributed by atoms with Crippen LogP contribution in [0.5, 0.6) is 0 Å². The molecule has 2 rings (SSSR count). The summed E-state index contributed by atoms with van der Waals surface area (Å²) in [5, 5.41) is 9.31. The maximum absolute atomic E-state index is 9.31. The van der Waals surface area contributed by atoms with Crippen LogP contribution in [0.3, 0.4) is 0 Å². The lowest BCUT2D eigenvalue weighted by molar-refractivity contribution is 0.0617. The Morgan fingerprint density at radius 1 is 1.50 bits per heavy atom. The zero-order chi connectivity index (χ0) is 14.4. The average molecular weight is 277 g/mol. The van der Waals surface area contributed by atoms with Crippen molar-refractivity contribution >= 4 is 0 Å². The normalized spacial score (nSPS) is 23.4. The van der Waals surface area contributed by atoms with Crippen LogP contribution in [-0.4, -0.2) is 40.2 Å². The molecule has 0 aliphatic carbocycles. The summed E-state index contributed by atoms with van der Waals surface area (Å²) in [6.45, 7) is 3.46. The Hall–Kier alpha value is -0.970. The van der Waals surface area contributed by atoms with Gasteiger partial charge in [-0.3, -0.25) is 9.88 Å². The van der Waals surface area contributed by atoms with Crippen LogP contribution < -0.4 is 5.73 Å². The van der Waals surface area contributed by atoms with E-state index in [0.717, 1.165) is 25.8 Å². The van der Waals surface area contributed by atoms with E-state index in [2.05, 4.69) is 22.9 Å². The number of piperidine rings is 1. The Kier molecular flexibility index (Phi) is 5.95. The predicted octanol–water partition coefficient (Wildman–Crippen LogP) is 2.10. The van der Waals surface area contributed by atoms with E-state index in [0.29, 0.717) is 6.04 Å². The largest absolute Gasteiger partial charge is 0.396 e. The van der Waals surface area contributed by atoms with E-state index in [-0.39, 0.29) is 18.7 Å². The Balaban J connectivity index is 2.25.